The smallest absolute Gasteiger partial charge is 0.122 e. The molecule has 0 atom stereocenters. The van der Waals surface area contributed by atoms with Crippen LogP contribution in [0.25, 0.3) is 0 Å². The average Bonchev–Trinajstić information content (AvgIpc) is 2.69. The van der Waals surface area contributed by atoms with Gasteiger partial charge in [-0.1, -0.05) is 24.3 Å². The first-order valence-corrected chi connectivity index (χ1v) is 5.45. The van der Waals surface area contributed by atoms with Crippen molar-refractivity contribution in [1.82, 2.24) is 0 Å². The molecular formula is C12H12OS. The first kappa shape index (κ1) is 9.28. The van der Waals surface area contributed by atoms with Crippen molar-refractivity contribution in [3.8, 4) is 5.75 Å². The quantitative estimate of drug-likeness (QED) is 0.741. The molecule has 0 saturated carbocycles. The van der Waals surface area contributed by atoms with Gasteiger partial charge in [-0.3, -0.25) is 0 Å². The third-order valence-corrected chi connectivity index (χ3v) is 2.89. The monoisotopic (exact) mass is 204 g/mol. The fourth-order valence-corrected chi connectivity index (χ4v) is 1.88. The highest BCUT2D eigenvalue weighted by atomic mass is 32.1. The van der Waals surface area contributed by atoms with E-state index in [-0.39, 0.29) is 0 Å². The van der Waals surface area contributed by atoms with Gasteiger partial charge in [0.25, 0.3) is 0 Å². The van der Waals surface area contributed by atoms with Crippen molar-refractivity contribution in [2.45, 2.75) is 13.5 Å². The van der Waals surface area contributed by atoms with E-state index in [0.717, 1.165) is 5.75 Å². The molecule has 0 aliphatic heterocycles. The fraction of sp³-hybridized carbons (Fsp3) is 0.167. The maximum Gasteiger partial charge on any atom is 0.122 e. The molecule has 1 aromatic heterocycles. The number of hydrogen-bond donors (Lipinski definition) is 0. The molecule has 0 spiro atoms. The van der Waals surface area contributed by atoms with E-state index < -0.39 is 0 Å². The van der Waals surface area contributed by atoms with Crippen LogP contribution in [0, 0.1) is 6.92 Å². The number of hydrogen-bond acceptors (Lipinski definition) is 2. The van der Waals surface area contributed by atoms with Crippen LogP contribution < -0.4 is 4.74 Å². The van der Waals surface area contributed by atoms with Crippen LogP contribution in [0.5, 0.6) is 5.75 Å². The van der Waals surface area contributed by atoms with Crippen LogP contribution in [0.15, 0.2) is 41.8 Å². The second-order valence-corrected chi connectivity index (χ2v) is 4.17. The molecule has 1 heterocycles. The number of ether oxygens (including phenoxy) is 1. The van der Waals surface area contributed by atoms with Gasteiger partial charge in [-0.2, -0.15) is 0 Å². The molecule has 1 aromatic carbocycles. The average molecular weight is 204 g/mol. The third-order valence-electron chi connectivity index (χ3n) is 2.04. The Morgan fingerprint density at radius 1 is 1.14 bits per heavy atom. The summed E-state index contributed by atoms with van der Waals surface area (Å²) in [5.41, 5.74) is 1.18. The predicted octanol–water partition coefficient (Wildman–Crippen LogP) is 3.64. The molecule has 1 nitrogen and oxygen atoms in total. The van der Waals surface area contributed by atoms with Gasteiger partial charge >= 0.3 is 0 Å². The molecule has 72 valence electrons. The zero-order valence-electron chi connectivity index (χ0n) is 8.07. The number of rotatable bonds is 3. The van der Waals surface area contributed by atoms with E-state index in [1.54, 1.807) is 11.3 Å². The zero-order chi connectivity index (χ0) is 9.80. The Kier molecular flexibility index (Phi) is 2.84. The van der Waals surface area contributed by atoms with Gasteiger partial charge in [0.15, 0.2) is 0 Å². The van der Waals surface area contributed by atoms with Crippen molar-refractivity contribution in [2.24, 2.45) is 0 Å². The molecule has 14 heavy (non-hydrogen) atoms. The van der Waals surface area contributed by atoms with Crippen LogP contribution >= 0.6 is 11.3 Å². The largest absolute Gasteiger partial charge is 0.488 e. The van der Waals surface area contributed by atoms with Gasteiger partial charge < -0.3 is 4.74 Å². The Labute approximate surface area is 88.0 Å². The summed E-state index contributed by atoms with van der Waals surface area (Å²) in [6.45, 7) is 2.73. The van der Waals surface area contributed by atoms with Gasteiger partial charge in [0, 0.05) is 4.88 Å². The maximum atomic E-state index is 5.69. The fourth-order valence-electron chi connectivity index (χ4n) is 1.26. The SMILES string of the molecule is Cc1ccccc1OCc1cccs1. The van der Waals surface area contributed by atoms with E-state index in [1.165, 1.54) is 10.4 Å². The number of aryl methyl sites for hydroxylation is 1. The van der Waals surface area contributed by atoms with Crippen LogP contribution in [0.1, 0.15) is 10.4 Å². The summed E-state index contributed by atoms with van der Waals surface area (Å²) >= 11 is 1.72. The van der Waals surface area contributed by atoms with E-state index in [2.05, 4.69) is 24.4 Å². The van der Waals surface area contributed by atoms with Crippen LogP contribution in [0.4, 0.5) is 0 Å². The van der Waals surface area contributed by atoms with Crippen LogP contribution in [0.3, 0.4) is 0 Å². The molecule has 0 saturated heterocycles. The molecule has 0 amide bonds. The molecule has 0 unspecified atom stereocenters. The van der Waals surface area contributed by atoms with E-state index in [4.69, 9.17) is 4.74 Å². The highest BCUT2D eigenvalue weighted by Crippen LogP contribution is 2.19. The number of thiophene rings is 1. The van der Waals surface area contributed by atoms with Crippen molar-refractivity contribution in [1.29, 1.82) is 0 Å². The summed E-state index contributed by atoms with van der Waals surface area (Å²) in [6.07, 6.45) is 0. The van der Waals surface area contributed by atoms with Gasteiger partial charge in [-0.25, -0.2) is 0 Å². The van der Waals surface area contributed by atoms with Crippen molar-refractivity contribution < 1.29 is 4.74 Å². The van der Waals surface area contributed by atoms with Gasteiger partial charge in [0.2, 0.25) is 0 Å². The van der Waals surface area contributed by atoms with E-state index in [1.807, 2.05) is 24.3 Å². The summed E-state index contributed by atoms with van der Waals surface area (Å²) in [5, 5.41) is 2.07. The van der Waals surface area contributed by atoms with Crippen LogP contribution in [-0.4, -0.2) is 0 Å². The minimum absolute atomic E-state index is 0.669. The van der Waals surface area contributed by atoms with Crippen molar-refractivity contribution in [2.75, 3.05) is 0 Å². The van der Waals surface area contributed by atoms with Crippen molar-refractivity contribution >= 4 is 11.3 Å². The van der Waals surface area contributed by atoms with Gasteiger partial charge in [0.05, 0.1) is 0 Å². The van der Waals surface area contributed by atoms with Crippen LogP contribution in [0.2, 0.25) is 0 Å². The second-order valence-electron chi connectivity index (χ2n) is 3.13. The van der Waals surface area contributed by atoms with Gasteiger partial charge in [-0.05, 0) is 30.0 Å². The molecule has 0 radical (unpaired) electrons. The summed E-state index contributed by atoms with van der Waals surface area (Å²) < 4.78 is 5.69. The maximum absolute atomic E-state index is 5.69. The number of benzene rings is 1. The molecular weight excluding hydrogens is 192 g/mol. The molecule has 0 aliphatic carbocycles. The van der Waals surface area contributed by atoms with Crippen molar-refractivity contribution in [3.05, 3.63) is 52.2 Å². The molecule has 2 heteroatoms. The van der Waals surface area contributed by atoms with Crippen LogP contribution in [-0.2, 0) is 6.61 Å². The Morgan fingerprint density at radius 3 is 2.71 bits per heavy atom. The predicted molar refractivity (Wildman–Crippen MR) is 59.8 cm³/mol. The van der Waals surface area contributed by atoms with E-state index >= 15 is 0 Å². The molecule has 0 fully saturated rings. The molecule has 0 aliphatic rings. The minimum atomic E-state index is 0.669. The Bertz CT molecular complexity index is 392. The summed E-state index contributed by atoms with van der Waals surface area (Å²) in [6, 6.07) is 12.2. The summed E-state index contributed by atoms with van der Waals surface area (Å²) in [5.74, 6) is 0.973. The van der Waals surface area contributed by atoms with Crippen molar-refractivity contribution in [3.63, 3.8) is 0 Å². The molecule has 2 aromatic rings. The lowest BCUT2D eigenvalue weighted by Gasteiger charge is -2.06. The first-order chi connectivity index (χ1) is 6.86. The lowest BCUT2D eigenvalue weighted by atomic mass is 10.2. The normalized spacial score (nSPS) is 10.1. The topological polar surface area (TPSA) is 9.23 Å². The highest BCUT2D eigenvalue weighted by molar-refractivity contribution is 7.09. The minimum Gasteiger partial charge on any atom is -0.488 e. The van der Waals surface area contributed by atoms with Gasteiger partial charge in [0.1, 0.15) is 12.4 Å². The zero-order valence-corrected chi connectivity index (χ0v) is 8.88. The van der Waals surface area contributed by atoms with E-state index in [0.29, 0.717) is 6.61 Å². The number of para-hydroxylation sites is 1. The lowest BCUT2D eigenvalue weighted by Crippen LogP contribution is -1.94. The lowest BCUT2D eigenvalue weighted by molar-refractivity contribution is 0.307. The standard InChI is InChI=1S/C12H12OS/c1-10-5-2-3-7-12(10)13-9-11-6-4-8-14-11/h2-8H,9H2,1H3. The molecule has 0 N–H and O–H groups in total. The summed E-state index contributed by atoms with van der Waals surface area (Å²) in [4.78, 5) is 1.26. The third kappa shape index (κ3) is 2.15. The van der Waals surface area contributed by atoms with E-state index in [9.17, 15) is 0 Å². The highest BCUT2D eigenvalue weighted by Gasteiger charge is 1.98. The Morgan fingerprint density at radius 2 is 2.00 bits per heavy atom. The second kappa shape index (κ2) is 4.29. The Balaban J connectivity index is 2.02. The summed E-state index contributed by atoms with van der Waals surface area (Å²) in [7, 11) is 0. The van der Waals surface area contributed by atoms with Gasteiger partial charge in [-0.15, -0.1) is 11.3 Å². The molecule has 0 bridgehead atoms. The molecule has 2 rings (SSSR count). The Hall–Kier alpha value is -1.28. The first-order valence-electron chi connectivity index (χ1n) is 4.57.